The van der Waals surface area contributed by atoms with Crippen LogP contribution in [0.3, 0.4) is 0 Å². The van der Waals surface area contributed by atoms with E-state index in [4.69, 9.17) is 14.2 Å². The second kappa shape index (κ2) is 12.3. The second-order valence-corrected chi connectivity index (χ2v) is 9.98. The van der Waals surface area contributed by atoms with Gasteiger partial charge in [0.05, 0.1) is 18.2 Å². The first-order valence-corrected chi connectivity index (χ1v) is 13.5. The van der Waals surface area contributed by atoms with Crippen molar-refractivity contribution in [2.75, 3.05) is 46.0 Å². The van der Waals surface area contributed by atoms with Gasteiger partial charge >= 0.3 is 0 Å². The topological polar surface area (TPSA) is 88.5 Å². The van der Waals surface area contributed by atoms with Gasteiger partial charge in [0.1, 0.15) is 24.7 Å². The molecule has 0 radical (unpaired) electrons. The highest BCUT2D eigenvalue weighted by Gasteiger charge is 2.46. The van der Waals surface area contributed by atoms with Crippen molar-refractivity contribution >= 4 is 17.4 Å². The van der Waals surface area contributed by atoms with E-state index in [0.29, 0.717) is 67.2 Å². The molecule has 38 heavy (non-hydrogen) atoms. The molecule has 2 heterocycles. The Morgan fingerprint density at radius 2 is 1.82 bits per heavy atom. The average molecular weight is 523 g/mol. The minimum atomic E-state index is -0.743. The molecule has 8 nitrogen and oxygen atoms in total. The van der Waals surface area contributed by atoms with Crippen molar-refractivity contribution < 1.29 is 28.9 Å². The van der Waals surface area contributed by atoms with Crippen LogP contribution in [-0.2, 0) is 9.59 Å². The van der Waals surface area contributed by atoms with Crippen LogP contribution in [0.1, 0.15) is 51.3 Å². The quantitative estimate of drug-likeness (QED) is 0.261. The number of amides is 1. The van der Waals surface area contributed by atoms with E-state index in [1.165, 1.54) is 0 Å². The fraction of sp³-hybridized carbons (Fsp3) is 0.467. The van der Waals surface area contributed by atoms with Gasteiger partial charge in [-0.3, -0.25) is 9.59 Å². The Morgan fingerprint density at radius 3 is 2.53 bits per heavy atom. The molecule has 1 atom stereocenters. The van der Waals surface area contributed by atoms with Crippen molar-refractivity contribution in [3.63, 3.8) is 0 Å². The second-order valence-electron chi connectivity index (χ2n) is 9.98. The van der Waals surface area contributed by atoms with Gasteiger partial charge in [-0.05, 0) is 61.3 Å². The largest absolute Gasteiger partial charge is 0.507 e. The number of likely N-dealkylation sites (tertiary alicyclic amines) is 1. The molecule has 2 aromatic rings. The van der Waals surface area contributed by atoms with Crippen molar-refractivity contribution in [1.82, 2.24) is 9.80 Å². The lowest BCUT2D eigenvalue weighted by Gasteiger charge is -2.28. The summed E-state index contributed by atoms with van der Waals surface area (Å²) in [6.45, 7) is 12.5. The number of ketones is 1. The number of aliphatic hydroxyl groups is 1. The lowest BCUT2D eigenvalue weighted by atomic mass is 9.95. The number of fused-ring (bicyclic) bond motifs is 1. The Kier molecular flexibility index (Phi) is 8.94. The smallest absolute Gasteiger partial charge is 0.295 e. The van der Waals surface area contributed by atoms with Crippen LogP contribution in [0.15, 0.2) is 48.0 Å². The standard InChI is InChI=1S/C30H38N2O6/c1-5-31(6-2)13-14-32-27(21-8-7-9-23(18-21)36-15-12-20(3)4)26(29(34)30(32)35)28(33)22-10-11-24-25(19-22)38-17-16-37-24/h7-11,18-20,27,33H,5-6,12-17H2,1-4H3/b28-26+. The van der Waals surface area contributed by atoms with Gasteiger partial charge in [-0.2, -0.15) is 0 Å². The first-order valence-electron chi connectivity index (χ1n) is 13.5. The van der Waals surface area contributed by atoms with Crippen molar-refractivity contribution in [2.45, 2.75) is 40.2 Å². The number of Topliss-reactive ketones (excluding diaryl/α,β-unsaturated/α-hetero) is 1. The summed E-state index contributed by atoms with van der Waals surface area (Å²) in [5, 5.41) is 11.4. The maximum atomic E-state index is 13.4. The Morgan fingerprint density at radius 1 is 1.08 bits per heavy atom. The minimum Gasteiger partial charge on any atom is -0.507 e. The summed E-state index contributed by atoms with van der Waals surface area (Å²) in [5.41, 5.74) is 1.17. The summed E-state index contributed by atoms with van der Waals surface area (Å²) in [6.07, 6.45) is 0.913. The van der Waals surface area contributed by atoms with Crippen molar-refractivity contribution in [2.24, 2.45) is 5.92 Å². The van der Waals surface area contributed by atoms with Crippen molar-refractivity contribution in [3.8, 4) is 17.2 Å². The fourth-order valence-electron chi connectivity index (χ4n) is 4.78. The third-order valence-electron chi connectivity index (χ3n) is 7.04. The van der Waals surface area contributed by atoms with Crippen LogP contribution < -0.4 is 14.2 Å². The van der Waals surface area contributed by atoms with Crippen LogP contribution in [0.25, 0.3) is 5.76 Å². The van der Waals surface area contributed by atoms with E-state index >= 15 is 0 Å². The molecule has 204 valence electrons. The minimum absolute atomic E-state index is 0.0607. The number of rotatable bonds is 11. The van der Waals surface area contributed by atoms with E-state index in [9.17, 15) is 14.7 Å². The molecule has 8 heteroatoms. The predicted molar refractivity (Wildman–Crippen MR) is 146 cm³/mol. The SMILES string of the molecule is CCN(CC)CCN1C(=O)C(=O)/C(=C(/O)c2ccc3c(c2)OCCO3)C1c1cccc(OCCC(C)C)c1. The summed E-state index contributed by atoms with van der Waals surface area (Å²) in [6, 6.07) is 11.7. The molecule has 0 saturated carbocycles. The molecule has 0 spiro atoms. The van der Waals surface area contributed by atoms with Crippen LogP contribution in [0.4, 0.5) is 0 Å². The van der Waals surface area contributed by atoms with E-state index < -0.39 is 17.7 Å². The summed E-state index contributed by atoms with van der Waals surface area (Å²) in [5.74, 6) is 0.693. The van der Waals surface area contributed by atoms with Crippen LogP contribution in [0, 0.1) is 5.92 Å². The number of ether oxygens (including phenoxy) is 3. The predicted octanol–water partition coefficient (Wildman–Crippen LogP) is 4.65. The van der Waals surface area contributed by atoms with Gasteiger partial charge in [0.2, 0.25) is 0 Å². The number of carbonyl (C=O) groups is 2. The van der Waals surface area contributed by atoms with Gasteiger partial charge in [0, 0.05) is 18.7 Å². The number of likely N-dealkylation sites (N-methyl/N-ethyl adjacent to an activating group) is 1. The first-order chi connectivity index (χ1) is 18.3. The van der Waals surface area contributed by atoms with Crippen LogP contribution in [0.2, 0.25) is 0 Å². The van der Waals surface area contributed by atoms with Crippen LogP contribution in [-0.4, -0.2) is 72.6 Å². The molecule has 1 amide bonds. The summed E-state index contributed by atoms with van der Waals surface area (Å²) >= 11 is 0. The number of carbonyl (C=O) groups excluding carboxylic acids is 2. The van der Waals surface area contributed by atoms with Gasteiger partial charge in [0.15, 0.2) is 11.5 Å². The lowest BCUT2D eigenvalue weighted by Crippen LogP contribution is -2.38. The zero-order valence-corrected chi connectivity index (χ0v) is 22.7. The number of hydrogen-bond donors (Lipinski definition) is 1. The number of nitrogens with zero attached hydrogens (tertiary/aromatic N) is 2. The molecule has 1 unspecified atom stereocenters. The highest BCUT2D eigenvalue weighted by atomic mass is 16.6. The molecule has 1 fully saturated rings. The molecule has 0 aliphatic carbocycles. The molecule has 2 aliphatic heterocycles. The summed E-state index contributed by atoms with van der Waals surface area (Å²) in [7, 11) is 0. The summed E-state index contributed by atoms with van der Waals surface area (Å²) in [4.78, 5) is 30.5. The van der Waals surface area contributed by atoms with Gasteiger partial charge in [-0.25, -0.2) is 0 Å². The first kappa shape index (κ1) is 27.5. The van der Waals surface area contributed by atoms with Gasteiger partial charge < -0.3 is 29.1 Å². The zero-order valence-electron chi connectivity index (χ0n) is 22.7. The lowest BCUT2D eigenvalue weighted by molar-refractivity contribution is -0.140. The molecular weight excluding hydrogens is 484 g/mol. The molecule has 1 N–H and O–H groups in total. The molecule has 2 aromatic carbocycles. The average Bonchev–Trinajstić information content (AvgIpc) is 3.18. The van der Waals surface area contributed by atoms with E-state index in [1.54, 1.807) is 23.1 Å². The van der Waals surface area contributed by atoms with Gasteiger partial charge in [0.25, 0.3) is 11.7 Å². The molecule has 4 rings (SSSR count). The van der Waals surface area contributed by atoms with Crippen molar-refractivity contribution in [3.05, 3.63) is 59.2 Å². The highest BCUT2D eigenvalue weighted by Crippen LogP contribution is 2.41. The number of benzene rings is 2. The molecular formula is C30H38N2O6. The number of aliphatic hydroxyl groups excluding tert-OH is 1. The Labute approximate surface area is 224 Å². The third-order valence-corrected chi connectivity index (χ3v) is 7.04. The maximum absolute atomic E-state index is 13.4. The van der Waals surface area contributed by atoms with Crippen molar-refractivity contribution in [1.29, 1.82) is 0 Å². The Bertz CT molecular complexity index is 1190. The van der Waals surface area contributed by atoms with E-state index in [2.05, 4.69) is 32.6 Å². The highest BCUT2D eigenvalue weighted by molar-refractivity contribution is 6.46. The Hall–Kier alpha value is -3.52. The van der Waals surface area contributed by atoms with Crippen LogP contribution >= 0.6 is 0 Å². The van der Waals surface area contributed by atoms with Crippen LogP contribution in [0.5, 0.6) is 17.2 Å². The maximum Gasteiger partial charge on any atom is 0.295 e. The zero-order chi connectivity index (χ0) is 27.2. The molecule has 2 aliphatic rings. The molecule has 0 bridgehead atoms. The van der Waals surface area contributed by atoms with E-state index in [0.717, 1.165) is 19.5 Å². The Balaban J connectivity index is 1.75. The van der Waals surface area contributed by atoms with Gasteiger partial charge in [-0.15, -0.1) is 0 Å². The number of hydrogen-bond acceptors (Lipinski definition) is 7. The molecule has 0 aromatic heterocycles. The van der Waals surface area contributed by atoms with Gasteiger partial charge in [-0.1, -0.05) is 39.8 Å². The normalized spacial score (nSPS) is 18.5. The monoisotopic (exact) mass is 522 g/mol. The fourth-order valence-corrected chi connectivity index (χ4v) is 4.78. The van der Waals surface area contributed by atoms with E-state index in [1.807, 2.05) is 24.3 Å². The third kappa shape index (κ3) is 5.96. The van der Waals surface area contributed by atoms with E-state index in [-0.39, 0.29) is 11.3 Å². The summed E-state index contributed by atoms with van der Waals surface area (Å²) < 4.78 is 17.2. The molecule has 1 saturated heterocycles.